The maximum atomic E-state index is 13.5. The summed E-state index contributed by atoms with van der Waals surface area (Å²) in [5.74, 6) is -0.391. The highest BCUT2D eigenvalue weighted by Gasteiger charge is 2.48. The van der Waals surface area contributed by atoms with Gasteiger partial charge < -0.3 is 10.1 Å². The number of carbonyl (C=O) groups excluding carboxylic acids is 1. The predicted molar refractivity (Wildman–Crippen MR) is 126 cm³/mol. The van der Waals surface area contributed by atoms with E-state index in [4.69, 9.17) is 5.11 Å². The highest BCUT2D eigenvalue weighted by molar-refractivity contribution is 6.13. The molecule has 0 aliphatic carbocycles. The fourth-order valence-corrected chi connectivity index (χ4v) is 4.49. The molecule has 0 saturated carbocycles. The number of anilines is 2. The second-order valence-corrected chi connectivity index (χ2v) is 8.05. The van der Waals surface area contributed by atoms with Crippen molar-refractivity contribution in [3.05, 3.63) is 89.0 Å². The SMILES string of the molecule is CC1(c2ccc3nc(NC(=O)O)[nH]c3c2)c2ccccc2C(=O)N1c1cccc(C(F)(F)F)c1.Cl. The Morgan fingerprint density at radius 3 is 2.54 bits per heavy atom. The van der Waals surface area contributed by atoms with Crippen LogP contribution in [-0.4, -0.2) is 27.1 Å². The highest BCUT2D eigenvalue weighted by atomic mass is 35.5. The number of halogens is 4. The first-order chi connectivity index (χ1) is 16.1. The van der Waals surface area contributed by atoms with Gasteiger partial charge in [0.15, 0.2) is 0 Å². The van der Waals surface area contributed by atoms with E-state index in [1.54, 1.807) is 49.4 Å². The van der Waals surface area contributed by atoms with Gasteiger partial charge in [0.25, 0.3) is 5.91 Å². The first-order valence-electron chi connectivity index (χ1n) is 10.2. The van der Waals surface area contributed by atoms with Crippen LogP contribution >= 0.6 is 12.4 Å². The first kappa shape index (κ1) is 24.1. The summed E-state index contributed by atoms with van der Waals surface area (Å²) >= 11 is 0. The standard InChI is InChI=1S/C24H17F3N4O3.ClH/c1-23(13-9-10-18-19(12-13)29-21(28-18)30-22(33)34)17-8-3-2-7-16(17)20(32)31(23)15-6-4-5-14(11-15)24(25,26)27;/h2-12H,1H3,(H,33,34)(H2,28,29,30);1H. The van der Waals surface area contributed by atoms with Crippen molar-refractivity contribution in [3.8, 4) is 0 Å². The van der Waals surface area contributed by atoms with Gasteiger partial charge in [0, 0.05) is 11.3 Å². The summed E-state index contributed by atoms with van der Waals surface area (Å²) in [6.45, 7) is 1.77. The Balaban J connectivity index is 0.00000289. The minimum absolute atomic E-state index is 0. The molecular weight excluding hydrogens is 485 g/mol. The van der Waals surface area contributed by atoms with Gasteiger partial charge in [0.05, 0.1) is 22.1 Å². The number of nitrogens with zero attached hydrogens (tertiary/aromatic N) is 2. The Labute approximate surface area is 203 Å². The molecule has 2 amide bonds. The maximum absolute atomic E-state index is 13.5. The van der Waals surface area contributed by atoms with E-state index in [9.17, 15) is 22.8 Å². The number of nitrogens with one attached hydrogen (secondary N) is 2. The van der Waals surface area contributed by atoms with Gasteiger partial charge in [-0.05, 0) is 54.4 Å². The number of rotatable bonds is 3. The van der Waals surface area contributed by atoms with Crippen molar-refractivity contribution < 1.29 is 27.9 Å². The normalized spacial score (nSPS) is 17.3. The zero-order valence-electron chi connectivity index (χ0n) is 18.1. The van der Waals surface area contributed by atoms with Crippen molar-refractivity contribution in [2.24, 2.45) is 0 Å². The number of aromatic nitrogens is 2. The van der Waals surface area contributed by atoms with Crippen LogP contribution in [0.1, 0.15) is 34.0 Å². The summed E-state index contributed by atoms with van der Waals surface area (Å²) in [7, 11) is 0. The third kappa shape index (κ3) is 3.85. The molecule has 0 radical (unpaired) electrons. The van der Waals surface area contributed by atoms with Crippen molar-refractivity contribution in [1.29, 1.82) is 0 Å². The second-order valence-electron chi connectivity index (χ2n) is 8.05. The number of alkyl halides is 3. The summed E-state index contributed by atoms with van der Waals surface area (Å²) in [5, 5.41) is 11.1. The zero-order valence-corrected chi connectivity index (χ0v) is 18.9. The van der Waals surface area contributed by atoms with Crippen molar-refractivity contribution in [3.63, 3.8) is 0 Å². The molecule has 4 aromatic rings. The number of carboxylic acid groups (broad SMARTS) is 1. The average molecular weight is 503 g/mol. The van der Waals surface area contributed by atoms with Gasteiger partial charge in [-0.3, -0.25) is 15.0 Å². The van der Waals surface area contributed by atoms with E-state index in [0.717, 1.165) is 12.1 Å². The molecule has 7 nitrogen and oxygen atoms in total. The molecule has 1 aromatic heterocycles. The van der Waals surface area contributed by atoms with E-state index in [1.807, 2.05) is 0 Å². The Bertz CT molecular complexity index is 1470. The highest BCUT2D eigenvalue weighted by Crippen LogP contribution is 2.47. The van der Waals surface area contributed by atoms with Gasteiger partial charge in [-0.1, -0.05) is 30.3 Å². The van der Waals surface area contributed by atoms with Crippen LogP contribution in [0.5, 0.6) is 0 Å². The molecule has 0 spiro atoms. The second kappa shape index (κ2) is 8.31. The van der Waals surface area contributed by atoms with Crippen molar-refractivity contribution >= 4 is 47.1 Å². The lowest BCUT2D eigenvalue weighted by atomic mass is 9.84. The number of amides is 2. The Kier molecular flexibility index (Phi) is 5.72. The molecule has 1 aliphatic rings. The number of hydrogen-bond donors (Lipinski definition) is 3. The maximum Gasteiger partial charge on any atom is 0.416 e. The van der Waals surface area contributed by atoms with Gasteiger partial charge in [0.1, 0.15) is 0 Å². The van der Waals surface area contributed by atoms with Gasteiger partial charge >= 0.3 is 12.3 Å². The number of hydrogen-bond acceptors (Lipinski definition) is 3. The average Bonchev–Trinajstić information content (AvgIpc) is 3.29. The largest absolute Gasteiger partial charge is 0.465 e. The van der Waals surface area contributed by atoms with Crippen LogP contribution in [0, 0.1) is 0 Å². The molecule has 180 valence electrons. The lowest BCUT2D eigenvalue weighted by Crippen LogP contribution is -2.42. The van der Waals surface area contributed by atoms with Gasteiger partial charge in [-0.25, -0.2) is 9.78 Å². The van der Waals surface area contributed by atoms with E-state index < -0.39 is 29.3 Å². The molecule has 3 N–H and O–H groups in total. The zero-order chi connectivity index (χ0) is 24.3. The molecule has 3 aromatic carbocycles. The minimum atomic E-state index is -4.57. The number of fused-ring (bicyclic) bond motifs is 2. The molecule has 1 atom stereocenters. The summed E-state index contributed by atoms with van der Waals surface area (Å²) in [4.78, 5) is 32.8. The quantitative estimate of drug-likeness (QED) is 0.319. The molecule has 0 fully saturated rings. The lowest BCUT2D eigenvalue weighted by Gasteiger charge is -2.37. The summed E-state index contributed by atoms with van der Waals surface area (Å²) in [6, 6.07) is 16.7. The Hall–Kier alpha value is -4.05. The van der Waals surface area contributed by atoms with Crippen LogP contribution in [-0.2, 0) is 11.7 Å². The number of aromatic amines is 1. The van der Waals surface area contributed by atoms with E-state index in [0.29, 0.717) is 27.7 Å². The summed E-state index contributed by atoms with van der Waals surface area (Å²) in [6.07, 6.45) is -5.85. The minimum Gasteiger partial charge on any atom is -0.465 e. The van der Waals surface area contributed by atoms with Crippen LogP contribution < -0.4 is 10.2 Å². The van der Waals surface area contributed by atoms with Crippen molar-refractivity contribution in [1.82, 2.24) is 9.97 Å². The van der Waals surface area contributed by atoms with Crippen LogP contribution in [0.3, 0.4) is 0 Å². The molecule has 11 heteroatoms. The monoisotopic (exact) mass is 502 g/mol. The predicted octanol–water partition coefficient (Wildman–Crippen LogP) is 6.02. The van der Waals surface area contributed by atoms with Gasteiger partial charge in [-0.15, -0.1) is 12.4 Å². The Morgan fingerprint density at radius 1 is 1.09 bits per heavy atom. The van der Waals surface area contributed by atoms with E-state index in [1.165, 1.54) is 17.0 Å². The fraction of sp³-hybridized carbons (Fsp3) is 0.125. The van der Waals surface area contributed by atoms with Gasteiger partial charge in [-0.2, -0.15) is 13.2 Å². The van der Waals surface area contributed by atoms with Crippen LogP contribution in [0.15, 0.2) is 66.7 Å². The fourth-order valence-electron chi connectivity index (χ4n) is 4.49. The van der Waals surface area contributed by atoms with Crippen LogP contribution in [0.2, 0.25) is 0 Å². The molecule has 0 bridgehead atoms. The van der Waals surface area contributed by atoms with Crippen molar-refractivity contribution in [2.75, 3.05) is 10.2 Å². The molecular formula is C24H18ClF3N4O3. The van der Waals surface area contributed by atoms with E-state index in [-0.39, 0.29) is 24.0 Å². The van der Waals surface area contributed by atoms with Crippen molar-refractivity contribution in [2.45, 2.75) is 18.6 Å². The number of carbonyl (C=O) groups is 2. The smallest absolute Gasteiger partial charge is 0.416 e. The summed E-state index contributed by atoms with van der Waals surface area (Å²) in [5.41, 5.74) is 0.739. The molecule has 1 aliphatic heterocycles. The Morgan fingerprint density at radius 2 is 1.83 bits per heavy atom. The topological polar surface area (TPSA) is 98.3 Å². The van der Waals surface area contributed by atoms with E-state index in [2.05, 4.69) is 15.3 Å². The molecule has 0 saturated heterocycles. The van der Waals surface area contributed by atoms with Crippen LogP contribution in [0.25, 0.3) is 11.0 Å². The third-order valence-electron chi connectivity index (χ3n) is 6.03. The number of imidazole rings is 1. The lowest BCUT2D eigenvalue weighted by molar-refractivity contribution is -0.137. The number of benzene rings is 3. The van der Waals surface area contributed by atoms with E-state index >= 15 is 0 Å². The first-order valence-corrected chi connectivity index (χ1v) is 10.2. The third-order valence-corrected chi connectivity index (χ3v) is 6.03. The number of H-pyrrole nitrogens is 1. The molecule has 2 heterocycles. The summed E-state index contributed by atoms with van der Waals surface area (Å²) < 4.78 is 40.3. The molecule has 1 unspecified atom stereocenters. The van der Waals surface area contributed by atoms with Gasteiger partial charge in [0.2, 0.25) is 5.95 Å². The molecule has 35 heavy (non-hydrogen) atoms. The molecule has 5 rings (SSSR count). The van der Waals surface area contributed by atoms with Crippen LogP contribution in [0.4, 0.5) is 29.6 Å².